The van der Waals surface area contributed by atoms with E-state index in [9.17, 15) is 9.59 Å². The third-order valence-electron chi connectivity index (χ3n) is 4.88. The quantitative estimate of drug-likeness (QED) is 0.0775. The second-order valence-electron chi connectivity index (χ2n) is 8.32. The largest absolute Gasteiger partial charge is 0.460 e. The molecule has 12 nitrogen and oxygen atoms in total. The van der Waals surface area contributed by atoms with E-state index in [1.54, 1.807) is 31.2 Å². The summed E-state index contributed by atoms with van der Waals surface area (Å²) in [4.78, 5) is 22.9. The van der Waals surface area contributed by atoms with E-state index in [0.29, 0.717) is 117 Å². The minimum absolute atomic E-state index is 0.196. The number of ether oxygens (including phenoxy) is 10. The van der Waals surface area contributed by atoms with Gasteiger partial charge < -0.3 is 47.4 Å². The standard InChI is InChI=1S/C29H46O12/c1-26(2)28(30)40-24-22-38-20-18-36-16-14-34-12-10-32-8-9-33-11-13-35-15-17-37-19-21-39-23-25-41-29(31)27-6-4-3-5-7-27/h3-7H,1,8-25H2,2H3. The zero-order valence-corrected chi connectivity index (χ0v) is 24.2. The van der Waals surface area contributed by atoms with Crippen molar-refractivity contribution >= 4 is 11.9 Å². The Morgan fingerprint density at radius 2 is 0.780 bits per heavy atom. The Labute approximate surface area is 243 Å². The number of benzene rings is 1. The average Bonchev–Trinajstić information content (AvgIpc) is 2.98. The van der Waals surface area contributed by atoms with Crippen LogP contribution in [0.5, 0.6) is 0 Å². The number of rotatable bonds is 29. The molecule has 0 aliphatic rings. The predicted molar refractivity (Wildman–Crippen MR) is 149 cm³/mol. The number of hydrogen-bond donors (Lipinski definition) is 0. The molecule has 0 aliphatic heterocycles. The van der Waals surface area contributed by atoms with Gasteiger partial charge in [-0.15, -0.1) is 0 Å². The van der Waals surface area contributed by atoms with E-state index < -0.39 is 5.97 Å². The molecule has 0 aliphatic carbocycles. The van der Waals surface area contributed by atoms with E-state index in [-0.39, 0.29) is 19.2 Å². The van der Waals surface area contributed by atoms with E-state index in [2.05, 4.69) is 6.58 Å². The van der Waals surface area contributed by atoms with Crippen molar-refractivity contribution < 1.29 is 57.0 Å². The first kappa shape index (κ1) is 36.6. The zero-order chi connectivity index (χ0) is 29.6. The van der Waals surface area contributed by atoms with Crippen molar-refractivity contribution in [2.75, 3.05) is 119 Å². The molecule has 1 aromatic carbocycles. The lowest BCUT2D eigenvalue weighted by Crippen LogP contribution is -2.15. The summed E-state index contributed by atoms with van der Waals surface area (Å²) in [5.41, 5.74) is 0.888. The molecule has 0 radical (unpaired) electrons. The summed E-state index contributed by atoms with van der Waals surface area (Å²) in [5.74, 6) is -0.776. The first-order valence-electron chi connectivity index (χ1n) is 13.8. The maximum absolute atomic E-state index is 11.8. The van der Waals surface area contributed by atoms with Crippen molar-refractivity contribution in [2.24, 2.45) is 0 Å². The van der Waals surface area contributed by atoms with Crippen LogP contribution in [-0.4, -0.2) is 131 Å². The molecule has 0 atom stereocenters. The van der Waals surface area contributed by atoms with Crippen LogP contribution in [0.3, 0.4) is 0 Å². The highest BCUT2D eigenvalue weighted by molar-refractivity contribution is 5.89. The molecule has 41 heavy (non-hydrogen) atoms. The van der Waals surface area contributed by atoms with Gasteiger partial charge in [0.15, 0.2) is 0 Å². The van der Waals surface area contributed by atoms with Crippen molar-refractivity contribution in [1.82, 2.24) is 0 Å². The Hall–Kier alpha value is -2.42. The summed E-state index contributed by atoms with van der Waals surface area (Å²) in [7, 11) is 0. The molecule has 1 rings (SSSR count). The van der Waals surface area contributed by atoms with Gasteiger partial charge in [0, 0.05) is 5.57 Å². The Kier molecular flexibility index (Phi) is 24.8. The van der Waals surface area contributed by atoms with Gasteiger partial charge in [0.1, 0.15) is 13.2 Å². The second kappa shape index (κ2) is 27.7. The van der Waals surface area contributed by atoms with Gasteiger partial charge in [-0.2, -0.15) is 0 Å². The predicted octanol–water partition coefficient (Wildman–Crippen LogP) is 2.10. The number of esters is 2. The fraction of sp³-hybridized carbons (Fsp3) is 0.655. The summed E-state index contributed by atoms with van der Waals surface area (Å²) in [6.45, 7) is 12.6. The molecule has 12 heteroatoms. The SMILES string of the molecule is C=C(C)C(=O)OCCOCCOCCOCCOCCOCCOCCOCCOCCOC(=O)c1ccccc1. The van der Waals surface area contributed by atoms with Crippen LogP contribution in [0.25, 0.3) is 0 Å². The molecule has 0 spiro atoms. The van der Waals surface area contributed by atoms with Gasteiger partial charge in [0.05, 0.1) is 111 Å². The second-order valence-corrected chi connectivity index (χ2v) is 8.32. The zero-order valence-electron chi connectivity index (χ0n) is 24.2. The van der Waals surface area contributed by atoms with Crippen LogP contribution in [0.1, 0.15) is 17.3 Å². The summed E-state index contributed by atoms with van der Waals surface area (Å²) >= 11 is 0. The first-order valence-corrected chi connectivity index (χ1v) is 13.8. The van der Waals surface area contributed by atoms with Gasteiger partial charge in [-0.05, 0) is 19.1 Å². The van der Waals surface area contributed by atoms with E-state index in [0.717, 1.165) is 0 Å². The molecule has 0 fully saturated rings. The summed E-state index contributed by atoms with van der Waals surface area (Å²) in [5, 5.41) is 0. The van der Waals surface area contributed by atoms with Crippen LogP contribution >= 0.6 is 0 Å². The third-order valence-corrected chi connectivity index (χ3v) is 4.88. The molecule has 0 heterocycles. The van der Waals surface area contributed by atoms with Gasteiger partial charge in [0.25, 0.3) is 0 Å². The van der Waals surface area contributed by atoms with Gasteiger partial charge >= 0.3 is 11.9 Å². The van der Waals surface area contributed by atoms with E-state index in [4.69, 9.17) is 47.4 Å². The first-order chi connectivity index (χ1) is 20.1. The Bertz CT molecular complexity index is 774. The topological polar surface area (TPSA) is 126 Å². The Morgan fingerprint density at radius 1 is 0.488 bits per heavy atom. The van der Waals surface area contributed by atoms with E-state index >= 15 is 0 Å². The average molecular weight is 587 g/mol. The van der Waals surface area contributed by atoms with Crippen LogP contribution in [-0.2, 0) is 52.2 Å². The molecular weight excluding hydrogens is 540 g/mol. The molecule has 1 aromatic rings. The Morgan fingerprint density at radius 3 is 1.10 bits per heavy atom. The van der Waals surface area contributed by atoms with Crippen molar-refractivity contribution in [1.29, 1.82) is 0 Å². The molecule has 0 saturated carbocycles. The van der Waals surface area contributed by atoms with Gasteiger partial charge in [-0.3, -0.25) is 0 Å². The molecule has 0 unspecified atom stereocenters. The van der Waals surface area contributed by atoms with Crippen molar-refractivity contribution in [3.05, 3.63) is 48.0 Å². The summed E-state index contributed by atoms with van der Waals surface area (Å²) in [6, 6.07) is 8.83. The number of carbonyl (C=O) groups is 2. The molecule has 0 aromatic heterocycles. The molecule has 0 saturated heterocycles. The van der Waals surface area contributed by atoms with Crippen molar-refractivity contribution in [3.8, 4) is 0 Å². The normalized spacial score (nSPS) is 11.0. The van der Waals surface area contributed by atoms with Gasteiger partial charge in [-0.1, -0.05) is 24.8 Å². The minimum atomic E-state index is -0.416. The van der Waals surface area contributed by atoms with Crippen LogP contribution < -0.4 is 0 Å². The highest BCUT2D eigenvalue weighted by Gasteiger charge is 2.05. The van der Waals surface area contributed by atoms with E-state index in [1.165, 1.54) is 0 Å². The van der Waals surface area contributed by atoms with Crippen molar-refractivity contribution in [3.63, 3.8) is 0 Å². The lowest BCUT2D eigenvalue weighted by molar-refractivity contribution is -0.140. The van der Waals surface area contributed by atoms with Crippen LogP contribution in [0.4, 0.5) is 0 Å². The van der Waals surface area contributed by atoms with Gasteiger partial charge in [-0.25, -0.2) is 9.59 Å². The minimum Gasteiger partial charge on any atom is -0.460 e. The molecule has 0 amide bonds. The van der Waals surface area contributed by atoms with Gasteiger partial charge in [0.2, 0.25) is 0 Å². The lowest BCUT2D eigenvalue weighted by atomic mass is 10.2. The number of hydrogen-bond acceptors (Lipinski definition) is 12. The maximum atomic E-state index is 11.8. The molecular formula is C29H46O12. The smallest absolute Gasteiger partial charge is 0.338 e. The number of carbonyl (C=O) groups excluding carboxylic acids is 2. The van der Waals surface area contributed by atoms with E-state index in [1.807, 2.05) is 6.07 Å². The maximum Gasteiger partial charge on any atom is 0.338 e. The molecule has 234 valence electrons. The summed E-state index contributed by atoms with van der Waals surface area (Å²) in [6.07, 6.45) is 0. The highest BCUT2D eigenvalue weighted by atomic mass is 16.6. The van der Waals surface area contributed by atoms with Crippen LogP contribution in [0, 0.1) is 0 Å². The Balaban J connectivity index is 1.67. The van der Waals surface area contributed by atoms with Crippen LogP contribution in [0.15, 0.2) is 42.5 Å². The highest BCUT2D eigenvalue weighted by Crippen LogP contribution is 2.00. The fourth-order valence-corrected chi connectivity index (χ4v) is 2.81. The van der Waals surface area contributed by atoms with Crippen molar-refractivity contribution in [2.45, 2.75) is 6.92 Å². The molecule has 0 bridgehead atoms. The van der Waals surface area contributed by atoms with Crippen LogP contribution in [0.2, 0.25) is 0 Å². The monoisotopic (exact) mass is 586 g/mol. The third kappa shape index (κ3) is 23.9. The lowest BCUT2D eigenvalue weighted by Gasteiger charge is -2.09. The fourth-order valence-electron chi connectivity index (χ4n) is 2.81. The molecule has 0 N–H and O–H groups in total. The summed E-state index contributed by atoms with van der Waals surface area (Å²) < 4.78 is 53.2.